The number of hydrogen-bond acceptors (Lipinski definition) is 5. The van der Waals surface area contributed by atoms with Gasteiger partial charge in [0.15, 0.2) is 0 Å². The highest BCUT2D eigenvalue weighted by molar-refractivity contribution is 7.89. The molecular weight excluding hydrogens is 286 g/mol. The summed E-state index contributed by atoms with van der Waals surface area (Å²) in [4.78, 5) is 23.1. The highest BCUT2D eigenvalue weighted by Crippen LogP contribution is 2.25. The van der Waals surface area contributed by atoms with Crippen molar-refractivity contribution in [2.75, 3.05) is 13.6 Å². The molecule has 0 heterocycles. The van der Waals surface area contributed by atoms with Gasteiger partial charge in [-0.3, -0.25) is 14.9 Å². The molecule has 0 fully saturated rings. The minimum Gasteiger partial charge on any atom is -0.342 e. The molecule has 0 spiro atoms. The molecule has 0 atom stereocenters. The minimum atomic E-state index is -4.15. The fourth-order valence-corrected chi connectivity index (χ4v) is 2.47. The first kappa shape index (κ1) is 16.1. The summed E-state index contributed by atoms with van der Waals surface area (Å²) in [5.74, 6) is -0.501. The van der Waals surface area contributed by atoms with Gasteiger partial charge < -0.3 is 4.90 Å². The second kappa shape index (κ2) is 5.55. The fourth-order valence-electron chi connectivity index (χ4n) is 1.65. The van der Waals surface area contributed by atoms with E-state index in [1.165, 1.54) is 18.9 Å². The number of benzene rings is 1. The Morgan fingerprint density at radius 2 is 2.00 bits per heavy atom. The molecule has 8 nitrogen and oxygen atoms in total. The number of nitro benzene ring substituents is 1. The van der Waals surface area contributed by atoms with E-state index in [4.69, 9.17) is 5.14 Å². The van der Waals surface area contributed by atoms with Gasteiger partial charge in [-0.1, -0.05) is 0 Å². The largest absolute Gasteiger partial charge is 0.342 e. The van der Waals surface area contributed by atoms with Crippen LogP contribution in [0, 0.1) is 17.0 Å². The molecule has 0 aliphatic rings. The lowest BCUT2D eigenvalue weighted by Crippen LogP contribution is -2.28. The highest BCUT2D eigenvalue weighted by Gasteiger charge is 2.24. The summed E-state index contributed by atoms with van der Waals surface area (Å²) in [6, 6.07) is 1.91. The molecule has 1 amide bonds. The molecule has 9 heteroatoms. The molecule has 1 aromatic carbocycles. The van der Waals surface area contributed by atoms with Crippen molar-refractivity contribution >= 4 is 21.6 Å². The van der Waals surface area contributed by atoms with E-state index in [0.29, 0.717) is 6.54 Å². The van der Waals surface area contributed by atoms with E-state index in [1.54, 1.807) is 6.92 Å². The number of nitro groups is 1. The fraction of sp³-hybridized carbons (Fsp3) is 0.364. The van der Waals surface area contributed by atoms with E-state index >= 15 is 0 Å². The van der Waals surface area contributed by atoms with Crippen LogP contribution >= 0.6 is 0 Å². The van der Waals surface area contributed by atoms with Crippen LogP contribution in [-0.2, 0) is 10.0 Å². The predicted octanol–water partition coefficient (Wildman–Crippen LogP) is 0.643. The van der Waals surface area contributed by atoms with Gasteiger partial charge >= 0.3 is 0 Å². The van der Waals surface area contributed by atoms with Crippen LogP contribution in [-0.4, -0.2) is 37.7 Å². The van der Waals surface area contributed by atoms with Crippen molar-refractivity contribution in [1.29, 1.82) is 0 Å². The Labute approximate surface area is 116 Å². The maximum Gasteiger partial charge on any atom is 0.271 e. The number of sulfonamides is 1. The molecule has 1 rings (SSSR count). The SMILES string of the molecule is CCN(C)C(=O)c1cc([N+](=O)[O-])cc(S(N)(=O)=O)c1C. The minimum absolute atomic E-state index is 0.0485. The number of non-ortho nitro benzene ring substituents is 1. The van der Waals surface area contributed by atoms with Crippen LogP contribution in [0.5, 0.6) is 0 Å². The van der Waals surface area contributed by atoms with E-state index in [2.05, 4.69) is 0 Å². The van der Waals surface area contributed by atoms with E-state index in [9.17, 15) is 23.3 Å². The van der Waals surface area contributed by atoms with Crippen LogP contribution in [0.25, 0.3) is 0 Å². The summed E-state index contributed by atoms with van der Waals surface area (Å²) < 4.78 is 22.9. The molecule has 1 aromatic rings. The highest BCUT2D eigenvalue weighted by atomic mass is 32.2. The summed E-state index contributed by atoms with van der Waals surface area (Å²) in [5, 5.41) is 15.9. The van der Waals surface area contributed by atoms with Gasteiger partial charge in [-0.15, -0.1) is 0 Å². The van der Waals surface area contributed by atoms with Gasteiger partial charge in [0, 0.05) is 25.7 Å². The third kappa shape index (κ3) is 3.11. The van der Waals surface area contributed by atoms with Crippen molar-refractivity contribution in [3.63, 3.8) is 0 Å². The van der Waals surface area contributed by atoms with Gasteiger partial charge in [0.2, 0.25) is 10.0 Å². The number of nitrogens with two attached hydrogens (primary N) is 1. The normalized spacial score (nSPS) is 11.2. The molecule has 0 saturated heterocycles. The average molecular weight is 301 g/mol. The van der Waals surface area contributed by atoms with Crippen molar-refractivity contribution in [1.82, 2.24) is 4.90 Å². The van der Waals surface area contributed by atoms with Crippen LogP contribution in [0.1, 0.15) is 22.8 Å². The number of rotatable bonds is 4. The second-order valence-electron chi connectivity index (χ2n) is 4.24. The van der Waals surface area contributed by atoms with Crippen LogP contribution in [0.2, 0.25) is 0 Å². The summed E-state index contributed by atoms with van der Waals surface area (Å²) in [7, 11) is -2.64. The smallest absolute Gasteiger partial charge is 0.271 e. The number of nitrogens with zero attached hydrogens (tertiary/aromatic N) is 2. The van der Waals surface area contributed by atoms with Crippen molar-refractivity contribution < 1.29 is 18.1 Å². The Hall–Kier alpha value is -2.00. The van der Waals surface area contributed by atoms with Crippen LogP contribution < -0.4 is 5.14 Å². The molecule has 20 heavy (non-hydrogen) atoms. The van der Waals surface area contributed by atoms with Crippen molar-refractivity contribution in [2.45, 2.75) is 18.7 Å². The maximum atomic E-state index is 12.1. The number of amides is 1. The lowest BCUT2D eigenvalue weighted by Gasteiger charge is -2.17. The topological polar surface area (TPSA) is 124 Å². The summed E-state index contributed by atoms with van der Waals surface area (Å²) in [5.41, 5.74) is -0.441. The average Bonchev–Trinajstić information content (AvgIpc) is 2.35. The van der Waals surface area contributed by atoms with Gasteiger partial charge in [0.25, 0.3) is 11.6 Å². The summed E-state index contributed by atoms with van der Waals surface area (Å²) >= 11 is 0. The first-order chi connectivity index (χ1) is 9.09. The molecule has 2 N–H and O–H groups in total. The zero-order valence-corrected chi connectivity index (χ0v) is 12.1. The third-order valence-corrected chi connectivity index (χ3v) is 3.95. The maximum absolute atomic E-state index is 12.1. The van der Waals surface area contributed by atoms with Gasteiger partial charge in [-0.05, 0) is 19.4 Å². The molecule has 0 aromatic heterocycles. The molecule has 0 aliphatic carbocycles. The molecule has 0 bridgehead atoms. The van der Waals surface area contributed by atoms with Gasteiger partial charge in [0.1, 0.15) is 0 Å². The second-order valence-corrected chi connectivity index (χ2v) is 5.77. The van der Waals surface area contributed by atoms with E-state index in [-0.39, 0.29) is 11.1 Å². The molecule has 0 radical (unpaired) electrons. The van der Waals surface area contributed by atoms with Crippen molar-refractivity contribution in [2.24, 2.45) is 5.14 Å². The Balaban J connectivity index is 3.64. The summed E-state index contributed by atoms with van der Waals surface area (Å²) in [6.45, 7) is 3.50. The monoisotopic (exact) mass is 301 g/mol. The molecular formula is C11H15N3O5S. The number of hydrogen-bond donors (Lipinski definition) is 1. The Morgan fingerprint density at radius 1 is 1.45 bits per heavy atom. The van der Waals surface area contributed by atoms with Crippen LogP contribution in [0.3, 0.4) is 0 Å². The standard InChI is InChI=1S/C11H15N3O5S/c1-4-13(3)11(15)9-5-8(14(16)17)6-10(7(9)2)20(12,18)19/h5-6H,4H2,1-3H3,(H2,12,18,19). The number of carbonyl (C=O) groups excluding carboxylic acids is 1. The van der Waals surface area contributed by atoms with Crippen molar-refractivity contribution in [3.8, 4) is 0 Å². The summed E-state index contributed by atoms with van der Waals surface area (Å²) in [6.07, 6.45) is 0. The van der Waals surface area contributed by atoms with Crippen molar-refractivity contribution in [3.05, 3.63) is 33.4 Å². The Kier molecular flexibility index (Phi) is 4.46. The van der Waals surface area contributed by atoms with E-state index in [0.717, 1.165) is 12.1 Å². The molecule has 0 aliphatic heterocycles. The van der Waals surface area contributed by atoms with E-state index < -0.39 is 31.4 Å². The quantitative estimate of drug-likeness (QED) is 0.645. The number of primary sulfonamides is 1. The number of carbonyl (C=O) groups is 1. The predicted molar refractivity (Wildman–Crippen MR) is 71.8 cm³/mol. The Bertz CT molecular complexity index is 669. The van der Waals surface area contributed by atoms with Gasteiger partial charge in [-0.25, -0.2) is 13.6 Å². The first-order valence-electron chi connectivity index (χ1n) is 5.66. The lowest BCUT2D eigenvalue weighted by atomic mass is 10.1. The van der Waals surface area contributed by atoms with Crippen LogP contribution in [0.15, 0.2) is 17.0 Å². The zero-order chi connectivity index (χ0) is 15.7. The third-order valence-electron chi connectivity index (χ3n) is 2.91. The Morgan fingerprint density at radius 3 is 2.40 bits per heavy atom. The van der Waals surface area contributed by atoms with Gasteiger partial charge in [-0.2, -0.15) is 0 Å². The van der Waals surface area contributed by atoms with Gasteiger partial charge in [0.05, 0.1) is 15.4 Å². The van der Waals surface area contributed by atoms with Crippen LogP contribution in [0.4, 0.5) is 5.69 Å². The molecule has 0 unspecified atom stereocenters. The first-order valence-corrected chi connectivity index (χ1v) is 7.21. The zero-order valence-electron chi connectivity index (χ0n) is 11.3. The molecule has 110 valence electrons. The lowest BCUT2D eigenvalue weighted by molar-refractivity contribution is -0.385. The van der Waals surface area contributed by atoms with E-state index in [1.807, 2.05) is 0 Å². The molecule has 0 saturated carbocycles.